The van der Waals surface area contributed by atoms with Crippen LogP contribution < -0.4 is 5.73 Å². The average molecular weight is 176 g/mol. The van der Waals surface area contributed by atoms with Crippen LogP contribution in [0, 0.1) is 11.3 Å². The van der Waals surface area contributed by atoms with Gasteiger partial charge in [-0.2, -0.15) is 5.26 Å². The lowest BCUT2D eigenvalue weighted by atomic mass is 10.0. The molecule has 3 heteroatoms. The molecule has 0 aliphatic rings. The van der Waals surface area contributed by atoms with E-state index in [9.17, 15) is 0 Å². The largest absolute Gasteiger partial charge is 0.394 e. The maximum absolute atomic E-state index is 8.82. The molecular formula is C10H12N2O. The Balaban J connectivity index is 2.86. The fourth-order valence-corrected chi connectivity index (χ4v) is 1.13. The molecule has 1 unspecified atom stereocenters. The van der Waals surface area contributed by atoms with E-state index in [2.05, 4.69) is 6.07 Å². The van der Waals surface area contributed by atoms with Gasteiger partial charge in [0, 0.05) is 0 Å². The number of nitrogens with zero attached hydrogens (tertiary/aromatic N) is 1. The summed E-state index contributed by atoms with van der Waals surface area (Å²) in [5, 5.41) is 17.3. The topological polar surface area (TPSA) is 70.0 Å². The Hall–Kier alpha value is -1.37. The Morgan fingerprint density at radius 1 is 1.54 bits per heavy atom. The van der Waals surface area contributed by atoms with E-state index in [0.717, 1.165) is 11.1 Å². The van der Waals surface area contributed by atoms with Gasteiger partial charge in [0.15, 0.2) is 0 Å². The van der Waals surface area contributed by atoms with E-state index in [0.29, 0.717) is 6.42 Å². The molecule has 13 heavy (non-hydrogen) atoms. The normalized spacial score (nSPS) is 12.1. The number of aliphatic hydroxyl groups is 1. The zero-order chi connectivity index (χ0) is 9.68. The molecule has 0 aliphatic carbocycles. The monoisotopic (exact) mass is 176 g/mol. The Morgan fingerprint density at radius 3 is 2.92 bits per heavy atom. The molecule has 0 amide bonds. The number of aliphatic hydroxyl groups excluding tert-OH is 1. The van der Waals surface area contributed by atoms with Crippen molar-refractivity contribution in [1.82, 2.24) is 0 Å². The number of hydrogen-bond donors (Lipinski definition) is 2. The van der Waals surface area contributed by atoms with Gasteiger partial charge in [0.2, 0.25) is 0 Å². The molecule has 3 nitrogen and oxygen atoms in total. The molecule has 0 bridgehead atoms. The standard InChI is InChI=1S/C10H12N2O/c11-5-4-8-2-1-3-9(6-8)10(12)7-13/h1-3,6,10,13H,4,7,12H2. The van der Waals surface area contributed by atoms with Crippen molar-refractivity contribution in [1.29, 1.82) is 5.26 Å². The van der Waals surface area contributed by atoms with Crippen LogP contribution in [0.15, 0.2) is 24.3 Å². The highest BCUT2D eigenvalue weighted by Gasteiger charge is 2.03. The van der Waals surface area contributed by atoms with Crippen molar-refractivity contribution < 1.29 is 5.11 Å². The molecule has 0 aromatic heterocycles. The molecule has 0 radical (unpaired) electrons. The summed E-state index contributed by atoms with van der Waals surface area (Å²) in [7, 11) is 0. The number of benzene rings is 1. The lowest BCUT2D eigenvalue weighted by Gasteiger charge is -2.08. The second-order valence-corrected chi connectivity index (χ2v) is 2.87. The Labute approximate surface area is 77.4 Å². The van der Waals surface area contributed by atoms with E-state index in [1.807, 2.05) is 24.3 Å². The van der Waals surface area contributed by atoms with Gasteiger partial charge in [0.25, 0.3) is 0 Å². The Bertz CT molecular complexity index is 317. The van der Waals surface area contributed by atoms with Gasteiger partial charge in [-0.05, 0) is 11.1 Å². The van der Waals surface area contributed by atoms with Crippen molar-refractivity contribution in [2.75, 3.05) is 6.61 Å². The molecule has 68 valence electrons. The van der Waals surface area contributed by atoms with Crippen molar-refractivity contribution in [3.8, 4) is 6.07 Å². The van der Waals surface area contributed by atoms with Crippen LogP contribution >= 0.6 is 0 Å². The predicted octanol–water partition coefficient (Wildman–Crippen LogP) is 0.745. The molecule has 0 heterocycles. The van der Waals surface area contributed by atoms with Crippen molar-refractivity contribution in [2.45, 2.75) is 12.5 Å². The van der Waals surface area contributed by atoms with E-state index in [4.69, 9.17) is 16.1 Å². The first kappa shape index (κ1) is 9.72. The van der Waals surface area contributed by atoms with Crippen molar-refractivity contribution in [3.05, 3.63) is 35.4 Å². The number of rotatable bonds is 3. The van der Waals surface area contributed by atoms with Crippen molar-refractivity contribution >= 4 is 0 Å². The minimum absolute atomic E-state index is 0.0734. The summed E-state index contributed by atoms with van der Waals surface area (Å²) in [6.07, 6.45) is 0.381. The molecule has 0 saturated heterocycles. The zero-order valence-corrected chi connectivity index (χ0v) is 7.27. The van der Waals surface area contributed by atoms with Crippen molar-refractivity contribution in [2.24, 2.45) is 5.73 Å². The highest BCUT2D eigenvalue weighted by molar-refractivity contribution is 5.27. The lowest BCUT2D eigenvalue weighted by Crippen LogP contribution is -2.14. The Kier molecular flexibility index (Phi) is 3.44. The van der Waals surface area contributed by atoms with Crippen LogP contribution in [0.5, 0.6) is 0 Å². The number of hydrogen-bond acceptors (Lipinski definition) is 3. The van der Waals surface area contributed by atoms with Gasteiger partial charge in [-0.25, -0.2) is 0 Å². The summed E-state index contributed by atoms with van der Waals surface area (Å²) in [5.41, 5.74) is 7.43. The number of nitriles is 1. The third-order valence-electron chi connectivity index (χ3n) is 1.86. The van der Waals surface area contributed by atoms with Gasteiger partial charge in [0.05, 0.1) is 25.1 Å². The first-order valence-corrected chi connectivity index (χ1v) is 4.10. The van der Waals surface area contributed by atoms with Crippen LogP contribution in [-0.2, 0) is 6.42 Å². The third-order valence-corrected chi connectivity index (χ3v) is 1.86. The van der Waals surface area contributed by atoms with Gasteiger partial charge in [-0.1, -0.05) is 24.3 Å². The summed E-state index contributed by atoms with van der Waals surface area (Å²) >= 11 is 0. The maximum atomic E-state index is 8.82. The summed E-state index contributed by atoms with van der Waals surface area (Å²) in [5.74, 6) is 0. The van der Waals surface area contributed by atoms with E-state index >= 15 is 0 Å². The first-order valence-electron chi connectivity index (χ1n) is 4.10. The maximum Gasteiger partial charge on any atom is 0.0669 e. The second-order valence-electron chi connectivity index (χ2n) is 2.87. The van der Waals surface area contributed by atoms with Crippen LogP contribution in [0.2, 0.25) is 0 Å². The molecule has 0 fully saturated rings. The van der Waals surface area contributed by atoms with Gasteiger partial charge in [0.1, 0.15) is 0 Å². The molecule has 1 atom stereocenters. The van der Waals surface area contributed by atoms with E-state index in [1.54, 1.807) is 0 Å². The summed E-state index contributed by atoms with van der Waals surface area (Å²) in [4.78, 5) is 0. The van der Waals surface area contributed by atoms with Gasteiger partial charge in [-0.3, -0.25) is 0 Å². The molecule has 0 saturated carbocycles. The average Bonchev–Trinajstić information content (AvgIpc) is 2.18. The van der Waals surface area contributed by atoms with Crippen LogP contribution in [-0.4, -0.2) is 11.7 Å². The van der Waals surface area contributed by atoms with E-state index < -0.39 is 0 Å². The predicted molar refractivity (Wildman–Crippen MR) is 49.8 cm³/mol. The minimum Gasteiger partial charge on any atom is -0.394 e. The fourth-order valence-electron chi connectivity index (χ4n) is 1.13. The quantitative estimate of drug-likeness (QED) is 0.713. The highest BCUT2D eigenvalue weighted by atomic mass is 16.3. The van der Waals surface area contributed by atoms with Crippen LogP contribution in [0.3, 0.4) is 0 Å². The molecule has 0 spiro atoms. The van der Waals surface area contributed by atoms with Gasteiger partial charge in [-0.15, -0.1) is 0 Å². The smallest absolute Gasteiger partial charge is 0.0669 e. The summed E-state index contributed by atoms with van der Waals surface area (Å²) in [6.45, 7) is -0.0734. The first-order chi connectivity index (χ1) is 6.27. The lowest BCUT2D eigenvalue weighted by molar-refractivity contribution is 0.268. The minimum atomic E-state index is -0.348. The Morgan fingerprint density at radius 2 is 2.31 bits per heavy atom. The zero-order valence-electron chi connectivity index (χ0n) is 7.27. The molecule has 1 rings (SSSR count). The summed E-state index contributed by atoms with van der Waals surface area (Å²) in [6, 6.07) is 9.13. The van der Waals surface area contributed by atoms with Crippen LogP contribution in [0.4, 0.5) is 0 Å². The SMILES string of the molecule is N#CCc1cccc(C(N)CO)c1. The van der Waals surface area contributed by atoms with Crippen LogP contribution in [0.1, 0.15) is 17.2 Å². The van der Waals surface area contributed by atoms with Gasteiger partial charge < -0.3 is 10.8 Å². The molecule has 1 aromatic rings. The third kappa shape index (κ3) is 2.55. The molecule has 1 aromatic carbocycles. The fraction of sp³-hybridized carbons (Fsp3) is 0.300. The van der Waals surface area contributed by atoms with Crippen molar-refractivity contribution in [3.63, 3.8) is 0 Å². The molecular weight excluding hydrogens is 164 g/mol. The number of nitrogens with two attached hydrogens (primary N) is 1. The highest BCUT2D eigenvalue weighted by Crippen LogP contribution is 2.12. The summed E-state index contributed by atoms with van der Waals surface area (Å²) < 4.78 is 0. The van der Waals surface area contributed by atoms with Gasteiger partial charge >= 0.3 is 0 Å². The molecule has 0 aliphatic heterocycles. The van der Waals surface area contributed by atoms with Crippen LogP contribution in [0.25, 0.3) is 0 Å². The second kappa shape index (κ2) is 4.61. The van der Waals surface area contributed by atoms with E-state index in [1.165, 1.54) is 0 Å². The van der Waals surface area contributed by atoms with E-state index in [-0.39, 0.29) is 12.6 Å². The molecule has 3 N–H and O–H groups in total.